The Balaban J connectivity index is 6.07. The molecule has 0 heterocycles. The van der Waals surface area contributed by atoms with Gasteiger partial charge < -0.3 is 4.43 Å². The lowest BCUT2D eigenvalue weighted by molar-refractivity contribution is 0.0199. The second kappa shape index (κ2) is 14.2. The standard InChI is InChI=1S/C26H56OSi/c1-10-17-20-24(8)26(15-6,23-19-12-3)28(9,16-7)27-25(14-5,21-13-4)22-18-11-2/h24H,10-23H2,1-9H3. The second-order valence-electron chi connectivity index (χ2n) is 9.73. The van der Waals surface area contributed by atoms with Gasteiger partial charge in [-0.2, -0.15) is 0 Å². The summed E-state index contributed by atoms with van der Waals surface area (Å²) in [5.41, 5.74) is 0.124. The number of hydrogen-bond donors (Lipinski definition) is 0. The lowest BCUT2D eigenvalue weighted by atomic mass is 9.82. The molecule has 0 radical (unpaired) electrons. The van der Waals surface area contributed by atoms with Gasteiger partial charge in [0.25, 0.3) is 0 Å². The van der Waals surface area contributed by atoms with Crippen LogP contribution in [0.15, 0.2) is 0 Å². The molecule has 0 aliphatic carbocycles. The Kier molecular flexibility index (Phi) is 14.3. The molecule has 4 atom stereocenters. The van der Waals surface area contributed by atoms with Gasteiger partial charge in [-0.05, 0) is 49.2 Å². The Morgan fingerprint density at radius 3 is 1.71 bits per heavy atom. The highest BCUT2D eigenvalue weighted by molar-refractivity contribution is 6.75. The Labute approximate surface area is 180 Å². The molecule has 0 fully saturated rings. The molecular formula is C26H56OSi. The van der Waals surface area contributed by atoms with Crippen LogP contribution in [0.2, 0.25) is 17.6 Å². The van der Waals surface area contributed by atoms with E-state index in [1.165, 1.54) is 89.5 Å². The number of rotatable bonds is 18. The topological polar surface area (TPSA) is 9.23 Å². The van der Waals surface area contributed by atoms with Gasteiger partial charge in [0, 0.05) is 0 Å². The summed E-state index contributed by atoms with van der Waals surface area (Å²) < 4.78 is 7.56. The van der Waals surface area contributed by atoms with Gasteiger partial charge in [-0.1, -0.05) is 113 Å². The van der Waals surface area contributed by atoms with Gasteiger partial charge in [0.15, 0.2) is 8.32 Å². The van der Waals surface area contributed by atoms with Crippen LogP contribution in [0, 0.1) is 5.92 Å². The first-order chi connectivity index (χ1) is 13.3. The molecule has 0 saturated carbocycles. The lowest BCUT2D eigenvalue weighted by Crippen LogP contribution is -2.56. The van der Waals surface area contributed by atoms with Crippen molar-refractivity contribution >= 4 is 8.32 Å². The van der Waals surface area contributed by atoms with Crippen molar-refractivity contribution in [2.75, 3.05) is 0 Å². The first-order valence-electron chi connectivity index (χ1n) is 13.0. The van der Waals surface area contributed by atoms with Gasteiger partial charge in [0.05, 0.1) is 5.60 Å². The van der Waals surface area contributed by atoms with Crippen molar-refractivity contribution in [2.24, 2.45) is 5.92 Å². The van der Waals surface area contributed by atoms with Crippen LogP contribution < -0.4 is 0 Å². The van der Waals surface area contributed by atoms with Crippen LogP contribution >= 0.6 is 0 Å². The molecule has 0 aromatic heterocycles. The molecule has 0 bridgehead atoms. The maximum Gasteiger partial charge on any atom is 0.196 e. The maximum absolute atomic E-state index is 7.56. The first kappa shape index (κ1) is 28.2. The Hall–Kier alpha value is 0.177. The molecule has 0 N–H and O–H groups in total. The molecular weight excluding hydrogens is 356 g/mol. The van der Waals surface area contributed by atoms with Crippen molar-refractivity contribution in [3.63, 3.8) is 0 Å². The molecule has 0 amide bonds. The molecule has 0 aromatic rings. The fraction of sp³-hybridized carbons (Fsp3) is 1.00. The van der Waals surface area contributed by atoms with E-state index in [0.29, 0.717) is 5.04 Å². The smallest absolute Gasteiger partial charge is 0.196 e. The van der Waals surface area contributed by atoms with Gasteiger partial charge in [-0.25, -0.2) is 0 Å². The van der Waals surface area contributed by atoms with E-state index < -0.39 is 8.32 Å². The fourth-order valence-electron chi connectivity index (χ4n) is 5.82. The van der Waals surface area contributed by atoms with E-state index in [1.54, 1.807) is 0 Å². The van der Waals surface area contributed by atoms with Crippen LogP contribution in [0.3, 0.4) is 0 Å². The third-order valence-corrected chi connectivity index (χ3v) is 13.5. The molecule has 0 aliphatic rings. The fourth-order valence-corrected chi connectivity index (χ4v) is 10.8. The molecule has 0 aromatic carbocycles. The molecule has 170 valence electrons. The highest BCUT2D eigenvalue weighted by atomic mass is 28.4. The zero-order valence-electron chi connectivity index (χ0n) is 21.4. The van der Waals surface area contributed by atoms with Crippen LogP contribution in [-0.4, -0.2) is 13.9 Å². The van der Waals surface area contributed by atoms with Crippen molar-refractivity contribution < 1.29 is 4.43 Å². The highest BCUT2D eigenvalue weighted by Crippen LogP contribution is 2.57. The Morgan fingerprint density at radius 2 is 1.29 bits per heavy atom. The average Bonchev–Trinajstić information content (AvgIpc) is 2.71. The largest absolute Gasteiger partial charge is 0.411 e. The van der Waals surface area contributed by atoms with Crippen LogP contribution in [0.4, 0.5) is 0 Å². The van der Waals surface area contributed by atoms with E-state index in [1.807, 2.05) is 0 Å². The second-order valence-corrected chi connectivity index (χ2v) is 14.1. The molecule has 0 aliphatic heterocycles. The normalized spacial score (nSPS) is 19.6. The first-order valence-corrected chi connectivity index (χ1v) is 15.6. The monoisotopic (exact) mass is 412 g/mol. The predicted molar refractivity (Wildman–Crippen MR) is 132 cm³/mol. The van der Waals surface area contributed by atoms with Gasteiger partial charge in [0.1, 0.15) is 0 Å². The summed E-state index contributed by atoms with van der Waals surface area (Å²) in [6, 6.07) is 1.26. The molecule has 0 rings (SSSR count). The minimum atomic E-state index is -1.90. The summed E-state index contributed by atoms with van der Waals surface area (Å²) in [5, 5.41) is 0.424. The average molecular weight is 413 g/mol. The molecule has 0 saturated heterocycles. The van der Waals surface area contributed by atoms with E-state index in [2.05, 4.69) is 61.9 Å². The Bertz CT molecular complexity index is 385. The predicted octanol–water partition coefficient (Wildman–Crippen LogP) is 9.90. The molecule has 4 unspecified atom stereocenters. The number of hydrogen-bond acceptors (Lipinski definition) is 1. The molecule has 1 nitrogen and oxygen atoms in total. The third-order valence-electron chi connectivity index (χ3n) is 8.05. The summed E-state index contributed by atoms with van der Waals surface area (Å²) >= 11 is 0. The van der Waals surface area contributed by atoms with Gasteiger partial charge in [0.2, 0.25) is 0 Å². The third kappa shape index (κ3) is 7.15. The van der Waals surface area contributed by atoms with Crippen molar-refractivity contribution in [1.29, 1.82) is 0 Å². The summed E-state index contributed by atoms with van der Waals surface area (Å²) in [5.74, 6) is 0.781. The van der Waals surface area contributed by atoms with E-state index in [0.717, 1.165) is 5.92 Å². The summed E-state index contributed by atoms with van der Waals surface area (Å²) in [4.78, 5) is 0. The van der Waals surface area contributed by atoms with Crippen LogP contribution in [-0.2, 0) is 4.43 Å². The zero-order valence-corrected chi connectivity index (χ0v) is 22.4. The van der Waals surface area contributed by atoms with Crippen molar-refractivity contribution in [1.82, 2.24) is 0 Å². The van der Waals surface area contributed by atoms with Gasteiger partial charge >= 0.3 is 0 Å². The van der Waals surface area contributed by atoms with Crippen LogP contribution in [0.25, 0.3) is 0 Å². The minimum Gasteiger partial charge on any atom is -0.411 e. The molecule has 28 heavy (non-hydrogen) atoms. The van der Waals surface area contributed by atoms with E-state index >= 15 is 0 Å². The summed E-state index contributed by atoms with van der Waals surface area (Å²) in [6.07, 6.45) is 16.9. The minimum absolute atomic E-state index is 0.124. The van der Waals surface area contributed by atoms with E-state index in [-0.39, 0.29) is 5.60 Å². The van der Waals surface area contributed by atoms with E-state index in [9.17, 15) is 0 Å². The van der Waals surface area contributed by atoms with Crippen molar-refractivity contribution in [3.05, 3.63) is 0 Å². The quantitative estimate of drug-likeness (QED) is 0.203. The Morgan fingerprint density at radius 1 is 0.714 bits per heavy atom. The summed E-state index contributed by atoms with van der Waals surface area (Å²) in [6.45, 7) is 21.9. The van der Waals surface area contributed by atoms with Gasteiger partial charge in [-0.3, -0.25) is 0 Å². The van der Waals surface area contributed by atoms with Crippen molar-refractivity contribution in [2.45, 2.75) is 162 Å². The lowest BCUT2D eigenvalue weighted by Gasteiger charge is -2.54. The SMILES string of the molecule is CCCCC(C)C(CC)(CCCC)[Si](C)(CC)OC(CC)(CCC)CCCC. The zero-order chi connectivity index (χ0) is 21.7. The van der Waals surface area contributed by atoms with Crippen LogP contribution in [0.5, 0.6) is 0 Å². The van der Waals surface area contributed by atoms with E-state index in [4.69, 9.17) is 4.43 Å². The van der Waals surface area contributed by atoms with Crippen LogP contribution in [0.1, 0.15) is 139 Å². The molecule has 2 heteroatoms. The molecule has 0 spiro atoms. The maximum atomic E-state index is 7.56. The summed E-state index contributed by atoms with van der Waals surface area (Å²) in [7, 11) is -1.90. The number of unbranched alkanes of at least 4 members (excludes halogenated alkanes) is 3. The van der Waals surface area contributed by atoms with Crippen molar-refractivity contribution in [3.8, 4) is 0 Å². The highest BCUT2D eigenvalue weighted by Gasteiger charge is 2.54. The van der Waals surface area contributed by atoms with Gasteiger partial charge in [-0.15, -0.1) is 0 Å².